The molecule has 0 radical (unpaired) electrons. The lowest BCUT2D eigenvalue weighted by Gasteiger charge is -2.42. The Bertz CT molecular complexity index is 1180. The van der Waals surface area contributed by atoms with Crippen LogP contribution in [0.4, 0.5) is 10.1 Å². The van der Waals surface area contributed by atoms with E-state index in [9.17, 15) is 4.79 Å². The van der Waals surface area contributed by atoms with Crippen molar-refractivity contribution in [2.75, 3.05) is 26.1 Å². The van der Waals surface area contributed by atoms with E-state index >= 15 is 0 Å². The standard InChI is InChI=1S/C23H29N3O4S2/c1-8-30-20(27)16-13-11-22(2,3)26-23(4,5)18(13)32-19(16)25-21-24-17-14(29-7)9-12(28-6)10-15(17)31-21/h9-10,26H,8,11H2,1-7H3,(H,24,25). The van der Waals surface area contributed by atoms with E-state index in [1.54, 1.807) is 25.6 Å². The highest BCUT2D eigenvalue weighted by molar-refractivity contribution is 7.23. The van der Waals surface area contributed by atoms with Gasteiger partial charge in [0.2, 0.25) is 0 Å². The van der Waals surface area contributed by atoms with Crippen molar-refractivity contribution >= 4 is 49.0 Å². The van der Waals surface area contributed by atoms with Crippen molar-refractivity contribution in [3.63, 3.8) is 0 Å². The van der Waals surface area contributed by atoms with Crippen molar-refractivity contribution in [1.82, 2.24) is 10.3 Å². The van der Waals surface area contributed by atoms with Crippen LogP contribution in [-0.4, -0.2) is 37.3 Å². The van der Waals surface area contributed by atoms with Gasteiger partial charge in [0.25, 0.3) is 0 Å². The molecule has 0 aliphatic carbocycles. The number of thiazole rings is 1. The molecule has 32 heavy (non-hydrogen) atoms. The summed E-state index contributed by atoms with van der Waals surface area (Å²) in [6, 6.07) is 3.75. The van der Waals surface area contributed by atoms with E-state index in [2.05, 4.69) is 38.3 Å². The highest BCUT2D eigenvalue weighted by Crippen LogP contribution is 2.47. The molecule has 3 aromatic rings. The fraction of sp³-hybridized carbons (Fsp3) is 0.478. The van der Waals surface area contributed by atoms with Gasteiger partial charge in [0, 0.05) is 22.0 Å². The van der Waals surface area contributed by atoms with E-state index < -0.39 is 0 Å². The molecule has 0 bridgehead atoms. The first-order valence-electron chi connectivity index (χ1n) is 10.5. The van der Waals surface area contributed by atoms with Gasteiger partial charge in [-0.1, -0.05) is 11.3 Å². The molecule has 1 aliphatic heterocycles. The van der Waals surface area contributed by atoms with Gasteiger partial charge in [-0.3, -0.25) is 0 Å². The lowest BCUT2D eigenvalue weighted by atomic mass is 9.81. The van der Waals surface area contributed by atoms with Gasteiger partial charge in [0.1, 0.15) is 22.0 Å². The summed E-state index contributed by atoms with van der Waals surface area (Å²) in [7, 11) is 3.24. The van der Waals surface area contributed by atoms with Crippen molar-refractivity contribution in [3.05, 3.63) is 28.1 Å². The predicted molar refractivity (Wildman–Crippen MR) is 130 cm³/mol. The van der Waals surface area contributed by atoms with E-state index in [4.69, 9.17) is 19.2 Å². The third kappa shape index (κ3) is 4.04. The van der Waals surface area contributed by atoms with Gasteiger partial charge in [-0.05, 0) is 52.7 Å². The number of ether oxygens (including phenoxy) is 3. The monoisotopic (exact) mass is 475 g/mol. The molecule has 0 saturated carbocycles. The molecular weight excluding hydrogens is 446 g/mol. The summed E-state index contributed by atoms with van der Waals surface area (Å²) in [6.45, 7) is 10.8. The molecule has 2 aromatic heterocycles. The molecule has 0 saturated heterocycles. The minimum absolute atomic E-state index is 0.143. The van der Waals surface area contributed by atoms with Gasteiger partial charge in [0.05, 0.1) is 31.1 Å². The quantitative estimate of drug-likeness (QED) is 0.459. The molecule has 1 aliphatic rings. The molecule has 172 valence electrons. The third-order valence-electron chi connectivity index (χ3n) is 5.43. The molecule has 0 amide bonds. The summed E-state index contributed by atoms with van der Waals surface area (Å²) >= 11 is 3.07. The van der Waals surface area contributed by atoms with Crippen LogP contribution >= 0.6 is 22.7 Å². The molecule has 2 N–H and O–H groups in total. The number of methoxy groups -OCH3 is 2. The van der Waals surface area contributed by atoms with Crippen LogP contribution in [0, 0.1) is 0 Å². The molecule has 3 heterocycles. The average Bonchev–Trinajstić information content (AvgIpc) is 3.27. The molecule has 7 nitrogen and oxygen atoms in total. The fourth-order valence-electron chi connectivity index (χ4n) is 4.43. The number of thiophene rings is 1. The lowest BCUT2D eigenvalue weighted by Crippen LogP contribution is -2.55. The fourth-order valence-corrected chi connectivity index (χ4v) is 6.68. The van der Waals surface area contributed by atoms with Crippen molar-refractivity contribution in [1.29, 1.82) is 0 Å². The first kappa shape index (κ1) is 22.8. The Balaban J connectivity index is 1.82. The van der Waals surface area contributed by atoms with Crippen molar-refractivity contribution in [3.8, 4) is 11.5 Å². The number of esters is 1. The number of hydrogen-bond acceptors (Lipinski definition) is 9. The van der Waals surface area contributed by atoms with Crippen molar-refractivity contribution in [2.24, 2.45) is 0 Å². The number of aromatic nitrogens is 1. The molecule has 0 fully saturated rings. The van der Waals surface area contributed by atoms with Crippen LogP contribution in [0.2, 0.25) is 0 Å². The Labute approximate surface area is 196 Å². The zero-order valence-corrected chi connectivity index (χ0v) is 21.1. The van der Waals surface area contributed by atoms with Crippen molar-refractivity contribution < 1.29 is 19.0 Å². The molecule has 0 spiro atoms. The first-order valence-corrected chi connectivity index (χ1v) is 12.1. The summed E-state index contributed by atoms with van der Waals surface area (Å²) in [5.74, 6) is 1.05. The summed E-state index contributed by atoms with van der Waals surface area (Å²) in [4.78, 5) is 18.9. The summed E-state index contributed by atoms with van der Waals surface area (Å²) in [6.07, 6.45) is 0.739. The number of rotatable bonds is 6. The first-order chi connectivity index (χ1) is 15.1. The SMILES string of the molecule is CCOC(=O)c1c(Nc2nc3c(OC)cc(OC)cc3s2)sc2c1CC(C)(C)NC2(C)C. The Morgan fingerprint density at radius 2 is 1.94 bits per heavy atom. The van der Waals surface area contributed by atoms with Gasteiger partial charge in [-0.2, -0.15) is 0 Å². The van der Waals surface area contributed by atoms with Crippen LogP contribution < -0.4 is 20.1 Å². The number of nitrogens with zero attached hydrogens (tertiary/aromatic N) is 1. The average molecular weight is 476 g/mol. The largest absolute Gasteiger partial charge is 0.497 e. The third-order valence-corrected chi connectivity index (χ3v) is 7.82. The van der Waals surface area contributed by atoms with E-state index in [1.165, 1.54) is 11.3 Å². The number of carbonyl (C=O) groups is 1. The van der Waals surface area contributed by atoms with E-state index in [-0.39, 0.29) is 17.0 Å². The molecule has 0 atom stereocenters. The molecule has 1 aromatic carbocycles. The second kappa shape index (κ2) is 8.20. The van der Waals surface area contributed by atoms with Gasteiger partial charge in [-0.15, -0.1) is 11.3 Å². The number of benzene rings is 1. The van der Waals surface area contributed by atoms with Gasteiger partial charge in [-0.25, -0.2) is 9.78 Å². The highest BCUT2D eigenvalue weighted by Gasteiger charge is 2.42. The molecule has 0 unspecified atom stereocenters. The van der Waals surface area contributed by atoms with Gasteiger partial charge >= 0.3 is 5.97 Å². The van der Waals surface area contributed by atoms with Crippen LogP contribution in [0.3, 0.4) is 0 Å². The summed E-state index contributed by atoms with van der Waals surface area (Å²) in [5, 5.41) is 8.55. The van der Waals surface area contributed by atoms with Crippen LogP contribution in [0.25, 0.3) is 10.2 Å². The Kier molecular flexibility index (Phi) is 5.85. The number of carbonyl (C=O) groups excluding carboxylic acids is 1. The normalized spacial score (nSPS) is 16.5. The maximum absolute atomic E-state index is 13.0. The van der Waals surface area contributed by atoms with Crippen LogP contribution in [-0.2, 0) is 16.7 Å². The molecule has 9 heteroatoms. The zero-order valence-electron chi connectivity index (χ0n) is 19.5. The Hall–Kier alpha value is -2.36. The predicted octanol–water partition coefficient (Wildman–Crippen LogP) is 5.45. The second-order valence-corrected chi connectivity index (χ2v) is 11.0. The number of hydrogen-bond donors (Lipinski definition) is 2. The van der Waals surface area contributed by atoms with Gasteiger partial charge in [0.15, 0.2) is 5.13 Å². The maximum Gasteiger partial charge on any atom is 0.341 e. The number of fused-ring (bicyclic) bond motifs is 2. The number of nitrogens with one attached hydrogen (secondary N) is 2. The minimum atomic E-state index is -0.304. The lowest BCUT2D eigenvalue weighted by molar-refractivity contribution is 0.0525. The summed E-state index contributed by atoms with van der Waals surface area (Å²) in [5.41, 5.74) is 1.99. The second-order valence-electron chi connectivity index (χ2n) is 8.97. The molecule has 4 rings (SSSR count). The number of anilines is 2. The van der Waals surface area contributed by atoms with E-state index in [0.29, 0.717) is 28.8 Å². The maximum atomic E-state index is 13.0. The zero-order chi connectivity index (χ0) is 23.3. The summed E-state index contributed by atoms with van der Waals surface area (Å²) < 4.78 is 17.3. The van der Waals surface area contributed by atoms with Crippen molar-refractivity contribution in [2.45, 2.75) is 52.1 Å². The minimum Gasteiger partial charge on any atom is -0.497 e. The van der Waals surface area contributed by atoms with E-state index in [0.717, 1.165) is 32.1 Å². The van der Waals surface area contributed by atoms with Crippen LogP contribution in [0.5, 0.6) is 11.5 Å². The smallest absolute Gasteiger partial charge is 0.341 e. The Morgan fingerprint density at radius 3 is 2.59 bits per heavy atom. The van der Waals surface area contributed by atoms with Crippen LogP contribution in [0.15, 0.2) is 12.1 Å². The van der Waals surface area contributed by atoms with Crippen LogP contribution in [0.1, 0.15) is 55.4 Å². The highest BCUT2D eigenvalue weighted by atomic mass is 32.1. The molecular formula is C23H29N3O4S2. The topological polar surface area (TPSA) is 81.7 Å². The van der Waals surface area contributed by atoms with E-state index in [1.807, 2.05) is 19.1 Å². The Morgan fingerprint density at radius 1 is 1.19 bits per heavy atom. The van der Waals surface area contributed by atoms with Gasteiger partial charge < -0.3 is 24.8 Å².